The zero-order valence-electron chi connectivity index (χ0n) is 11.5. The molecule has 2 nitrogen and oxygen atoms in total. The maximum Gasteiger partial charge on any atom is 0.118 e. The van der Waals surface area contributed by atoms with Gasteiger partial charge in [0.05, 0.1) is 22.3 Å². The quantitative estimate of drug-likeness (QED) is 0.644. The number of fused-ring (bicyclic) bond motifs is 1. The monoisotopic (exact) mass is 281 g/mol. The van der Waals surface area contributed by atoms with Crippen molar-refractivity contribution in [1.29, 1.82) is 0 Å². The lowest BCUT2D eigenvalue weighted by atomic mass is 10.1. The maximum atomic E-state index is 5.15. The smallest absolute Gasteiger partial charge is 0.118 e. The van der Waals surface area contributed by atoms with Gasteiger partial charge in [-0.05, 0) is 42.3 Å². The van der Waals surface area contributed by atoms with Gasteiger partial charge in [0.15, 0.2) is 0 Å². The molecule has 0 fully saturated rings. The number of aryl methyl sites for hydroxylation is 1. The van der Waals surface area contributed by atoms with Crippen LogP contribution in [0.3, 0.4) is 0 Å². The predicted octanol–water partition coefficient (Wildman–Crippen LogP) is 4.78. The van der Waals surface area contributed by atoms with Gasteiger partial charge in [-0.15, -0.1) is 11.3 Å². The highest BCUT2D eigenvalue weighted by Gasteiger charge is 2.00. The normalized spacial score (nSPS) is 11.3. The van der Waals surface area contributed by atoms with Gasteiger partial charge in [0.2, 0.25) is 0 Å². The van der Waals surface area contributed by atoms with Crippen LogP contribution in [0.25, 0.3) is 22.4 Å². The SMILES string of the molecule is COc1ccc(/C=C/c2ccc3nc(C)sc3c2)cc1. The summed E-state index contributed by atoms with van der Waals surface area (Å²) in [7, 11) is 1.68. The van der Waals surface area contributed by atoms with Crippen LogP contribution in [0, 0.1) is 6.92 Å². The fourth-order valence-corrected chi connectivity index (χ4v) is 2.94. The number of aromatic nitrogens is 1. The molecule has 20 heavy (non-hydrogen) atoms. The Morgan fingerprint density at radius 1 is 1.00 bits per heavy atom. The topological polar surface area (TPSA) is 22.1 Å². The minimum atomic E-state index is 0.878. The minimum absolute atomic E-state index is 0.878. The lowest BCUT2D eigenvalue weighted by Gasteiger charge is -1.99. The average molecular weight is 281 g/mol. The lowest BCUT2D eigenvalue weighted by Crippen LogP contribution is -1.81. The third-order valence-electron chi connectivity index (χ3n) is 3.10. The van der Waals surface area contributed by atoms with Crippen LogP contribution in [0.4, 0.5) is 0 Å². The van der Waals surface area contributed by atoms with Crippen molar-refractivity contribution in [3.63, 3.8) is 0 Å². The number of hydrogen-bond acceptors (Lipinski definition) is 3. The van der Waals surface area contributed by atoms with Gasteiger partial charge in [0.1, 0.15) is 5.75 Å². The molecule has 0 atom stereocenters. The third kappa shape index (κ3) is 2.73. The van der Waals surface area contributed by atoms with Gasteiger partial charge >= 0.3 is 0 Å². The van der Waals surface area contributed by atoms with E-state index in [0.29, 0.717) is 0 Å². The molecule has 1 aromatic heterocycles. The van der Waals surface area contributed by atoms with Gasteiger partial charge in [-0.2, -0.15) is 0 Å². The number of methoxy groups -OCH3 is 1. The summed E-state index contributed by atoms with van der Waals surface area (Å²) in [6.45, 7) is 2.04. The molecule has 0 aliphatic heterocycles. The summed E-state index contributed by atoms with van der Waals surface area (Å²) in [4.78, 5) is 4.47. The molecule has 3 rings (SSSR count). The largest absolute Gasteiger partial charge is 0.497 e. The van der Waals surface area contributed by atoms with E-state index in [-0.39, 0.29) is 0 Å². The molecule has 0 bridgehead atoms. The van der Waals surface area contributed by atoms with Crippen molar-refractivity contribution >= 4 is 33.7 Å². The van der Waals surface area contributed by atoms with Crippen molar-refractivity contribution in [3.05, 3.63) is 58.6 Å². The minimum Gasteiger partial charge on any atom is -0.497 e. The van der Waals surface area contributed by atoms with Crippen molar-refractivity contribution in [2.24, 2.45) is 0 Å². The van der Waals surface area contributed by atoms with Gasteiger partial charge in [0, 0.05) is 0 Å². The molecular formula is C17H15NOS. The van der Waals surface area contributed by atoms with Crippen LogP contribution in [0.2, 0.25) is 0 Å². The van der Waals surface area contributed by atoms with Gasteiger partial charge < -0.3 is 4.74 Å². The van der Waals surface area contributed by atoms with E-state index in [1.165, 1.54) is 10.3 Å². The number of nitrogens with zero attached hydrogens (tertiary/aromatic N) is 1. The van der Waals surface area contributed by atoms with Crippen LogP contribution < -0.4 is 4.74 Å². The Balaban J connectivity index is 1.85. The van der Waals surface area contributed by atoms with Crippen LogP contribution in [0.5, 0.6) is 5.75 Å². The molecule has 0 aliphatic carbocycles. The maximum absolute atomic E-state index is 5.15. The van der Waals surface area contributed by atoms with Gasteiger partial charge in [-0.1, -0.05) is 30.4 Å². The predicted molar refractivity (Wildman–Crippen MR) is 86.3 cm³/mol. The Morgan fingerprint density at radius 2 is 1.70 bits per heavy atom. The molecule has 0 N–H and O–H groups in total. The van der Waals surface area contributed by atoms with Crippen LogP contribution in [-0.2, 0) is 0 Å². The molecule has 0 amide bonds. The Morgan fingerprint density at radius 3 is 2.45 bits per heavy atom. The van der Waals surface area contributed by atoms with Crippen LogP contribution >= 0.6 is 11.3 Å². The molecule has 0 aliphatic rings. The Labute approximate surface area is 122 Å². The number of thiazole rings is 1. The zero-order valence-corrected chi connectivity index (χ0v) is 12.3. The fourth-order valence-electron chi connectivity index (χ4n) is 2.07. The van der Waals surface area contributed by atoms with E-state index >= 15 is 0 Å². The molecule has 3 aromatic rings. The highest BCUT2D eigenvalue weighted by molar-refractivity contribution is 7.18. The van der Waals surface area contributed by atoms with Crippen LogP contribution in [0.1, 0.15) is 16.1 Å². The van der Waals surface area contributed by atoms with Gasteiger partial charge in [0.25, 0.3) is 0 Å². The van der Waals surface area contributed by atoms with E-state index in [0.717, 1.165) is 21.8 Å². The highest BCUT2D eigenvalue weighted by atomic mass is 32.1. The second-order valence-corrected chi connectivity index (χ2v) is 5.80. The summed E-state index contributed by atoms with van der Waals surface area (Å²) < 4.78 is 6.39. The van der Waals surface area contributed by atoms with Gasteiger partial charge in [-0.3, -0.25) is 0 Å². The van der Waals surface area contributed by atoms with Crippen molar-refractivity contribution < 1.29 is 4.74 Å². The molecule has 0 saturated heterocycles. The van der Waals surface area contributed by atoms with E-state index < -0.39 is 0 Å². The van der Waals surface area contributed by atoms with E-state index in [1.54, 1.807) is 18.4 Å². The van der Waals surface area contributed by atoms with E-state index in [9.17, 15) is 0 Å². The summed E-state index contributed by atoms with van der Waals surface area (Å²) >= 11 is 1.73. The van der Waals surface area contributed by atoms with E-state index in [4.69, 9.17) is 4.74 Å². The van der Waals surface area contributed by atoms with Crippen LogP contribution in [0.15, 0.2) is 42.5 Å². The molecule has 3 heteroatoms. The summed E-state index contributed by atoms with van der Waals surface area (Å²) in [5.74, 6) is 0.878. The van der Waals surface area contributed by atoms with E-state index in [1.807, 2.05) is 31.2 Å². The van der Waals surface area contributed by atoms with Gasteiger partial charge in [-0.25, -0.2) is 4.98 Å². The molecule has 100 valence electrons. The molecule has 0 radical (unpaired) electrons. The first kappa shape index (κ1) is 12.9. The standard InChI is InChI=1S/C17H15NOS/c1-12-18-16-10-7-14(11-17(16)20-12)4-3-13-5-8-15(19-2)9-6-13/h3-11H,1-2H3/b4-3+. The molecular weight excluding hydrogens is 266 g/mol. The van der Waals surface area contributed by atoms with Crippen molar-refractivity contribution in [3.8, 4) is 5.75 Å². The van der Waals surface area contributed by atoms with Crippen molar-refractivity contribution in [2.75, 3.05) is 7.11 Å². The zero-order chi connectivity index (χ0) is 13.9. The summed E-state index contributed by atoms with van der Waals surface area (Å²) in [6, 6.07) is 14.4. The Kier molecular flexibility index (Phi) is 3.52. The summed E-state index contributed by atoms with van der Waals surface area (Å²) in [5.41, 5.74) is 3.43. The van der Waals surface area contributed by atoms with Crippen LogP contribution in [-0.4, -0.2) is 12.1 Å². The lowest BCUT2D eigenvalue weighted by molar-refractivity contribution is 0.415. The number of benzene rings is 2. The number of ether oxygens (including phenoxy) is 1. The molecule has 1 heterocycles. The average Bonchev–Trinajstić information content (AvgIpc) is 2.85. The van der Waals surface area contributed by atoms with Crippen molar-refractivity contribution in [2.45, 2.75) is 6.92 Å². The number of rotatable bonds is 3. The Bertz CT molecular complexity index is 756. The molecule has 0 unspecified atom stereocenters. The highest BCUT2D eigenvalue weighted by Crippen LogP contribution is 2.23. The second kappa shape index (κ2) is 5.47. The first-order chi connectivity index (χ1) is 9.74. The second-order valence-electron chi connectivity index (χ2n) is 4.57. The molecule has 0 saturated carbocycles. The molecule has 0 spiro atoms. The fraction of sp³-hybridized carbons (Fsp3) is 0.118. The first-order valence-corrected chi connectivity index (χ1v) is 7.25. The molecule has 2 aromatic carbocycles. The summed E-state index contributed by atoms with van der Waals surface area (Å²) in [6.07, 6.45) is 4.23. The number of hydrogen-bond donors (Lipinski definition) is 0. The van der Waals surface area contributed by atoms with E-state index in [2.05, 4.69) is 35.3 Å². The summed E-state index contributed by atoms with van der Waals surface area (Å²) in [5, 5.41) is 1.11. The Hall–Kier alpha value is -2.13. The first-order valence-electron chi connectivity index (χ1n) is 6.44. The third-order valence-corrected chi connectivity index (χ3v) is 4.04. The van der Waals surface area contributed by atoms with Crippen molar-refractivity contribution in [1.82, 2.24) is 4.98 Å².